The molecule has 7 heteroatoms. The number of aromatic hydroxyl groups is 1. The lowest BCUT2D eigenvalue weighted by molar-refractivity contribution is 0.0881. The van der Waals surface area contributed by atoms with E-state index in [9.17, 15) is 10.2 Å². The van der Waals surface area contributed by atoms with E-state index in [1.54, 1.807) is 18.2 Å². The molecule has 2 fully saturated rings. The van der Waals surface area contributed by atoms with Gasteiger partial charge in [0.15, 0.2) is 5.82 Å². The second-order valence-corrected chi connectivity index (χ2v) is 9.18. The average Bonchev–Trinajstić information content (AvgIpc) is 3.06. The van der Waals surface area contributed by atoms with Crippen LogP contribution in [-0.4, -0.2) is 46.5 Å². The third-order valence-corrected chi connectivity index (χ3v) is 7.51. The molecular weight excluding hydrogens is 402 g/mol. The van der Waals surface area contributed by atoms with Crippen molar-refractivity contribution in [3.05, 3.63) is 34.6 Å². The Kier molecular flexibility index (Phi) is 5.93. The molecule has 1 spiro atoms. The molecule has 1 aliphatic carbocycles. The van der Waals surface area contributed by atoms with Crippen LogP contribution in [0.4, 0.5) is 5.82 Å². The zero-order valence-electron chi connectivity index (χ0n) is 17.9. The monoisotopic (exact) mass is 431 g/mol. The van der Waals surface area contributed by atoms with Gasteiger partial charge in [-0.2, -0.15) is 0 Å². The molecule has 1 aromatic carbocycles. The number of piperidine rings is 1. The van der Waals surface area contributed by atoms with E-state index in [-0.39, 0.29) is 17.4 Å². The molecule has 1 aliphatic heterocycles. The van der Waals surface area contributed by atoms with E-state index in [4.69, 9.17) is 21.3 Å². The van der Waals surface area contributed by atoms with Gasteiger partial charge in [-0.3, -0.25) is 0 Å². The van der Waals surface area contributed by atoms with Crippen LogP contribution in [0.1, 0.15) is 44.0 Å². The predicted octanol–water partition coefficient (Wildman–Crippen LogP) is 4.33. The van der Waals surface area contributed by atoms with Crippen molar-refractivity contribution in [1.82, 2.24) is 9.97 Å². The molecule has 2 heterocycles. The van der Waals surface area contributed by atoms with Crippen LogP contribution in [0.3, 0.4) is 0 Å². The fraction of sp³-hybridized carbons (Fsp3) is 0.565. The van der Waals surface area contributed by atoms with E-state index in [0.29, 0.717) is 40.1 Å². The van der Waals surface area contributed by atoms with Crippen LogP contribution in [0, 0.1) is 18.3 Å². The highest BCUT2D eigenvalue weighted by molar-refractivity contribution is 6.32. The molecule has 4 rings (SSSR count). The Morgan fingerprint density at radius 3 is 2.63 bits per heavy atom. The third kappa shape index (κ3) is 3.66. The third-order valence-electron chi connectivity index (χ3n) is 7.20. The summed E-state index contributed by atoms with van der Waals surface area (Å²) in [7, 11) is 1.82. The van der Waals surface area contributed by atoms with Gasteiger partial charge in [0.25, 0.3) is 0 Å². The van der Waals surface area contributed by atoms with E-state index in [1.165, 1.54) is 0 Å². The Morgan fingerprint density at radius 2 is 2.00 bits per heavy atom. The maximum atomic E-state index is 10.4. The highest BCUT2D eigenvalue weighted by Crippen LogP contribution is 2.51. The number of benzene rings is 1. The number of aryl methyl sites for hydroxylation is 1. The van der Waals surface area contributed by atoms with E-state index >= 15 is 0 Å². The Bertz CT molecular complexity index is 928. The zero-order chi connectivity index (χ0) is 21.5. The Hall–Kier alpha value is -1.89. The standard InChI is InChI=1S/C23H30ClN3O3/c1-14-11-16(30-3)12-23(14)7-9-27(10-8-23)22-19(13-28)26-20(15(2)25-22)17-5-4-6-18(24)21(17)29/h4-6,14,16,28-29H,7-13H2,1-3H3/t14-,16-/m1/s1. The number of hydrogen-bond acceptors (Lipinski definition) is 6. The summed E-state index contributed by atoms with van der Waals surface area (Å²) in [6, 6.07) is 5.16. The number of rotatable bonds is 4. The maximum Gasteiger partial charge on any atom is 0.153 e. The van der Waals surface area contributed by atoms with E-state index < -0.39 is 0 Å². The number of aliphatic hydroxyl groups excluding tert-OH is 1. The molecule has 0 bridgehead atoms. The molecule has 2 aromatic rings. The highest BCUT2D eigenvalue weighted by Gasteiger charge is 2.46. The molecular formula is C23H30ClN3O3. The molecule has 0 radical (unpaired) electrons. The number of methoxy groups -OCH3 is 1. The summed E-state index contributed by atoms with van der Waals surface area (Å²) >= 11 is 6.07. The van der Waals surface area contributed by atoms with E-state index in [1.807, 2.05) is 14.0 Å². The number of anilines is 1. The van der Waals surface area contributed by atoms with Crippen molar-refractivity contribution >= 4 is 17.4 Å². The maximum absolute atomic E-state index is 10.4. The first-order valence-electron chi connectivity index (χ1n) is 10.6. The van der Waals surface area contributed by atoms with Crippen molar-refractivity contribution in [2.45, 2.75) is 52.2 Å². The minimum atomic E-state index is -0.208. The zero-order valence-corrected chi connectivity index (χ0v) is 18.6. The largest absolute Gasteiger partial charge is 0.506 e. The van der Waals surface area contributed by atoms with Crippen LogP contribution >= 0.6 is 11.6 Å². The van der Waals surface area contributed by atoms with Crippen LogP contribution < -0.4 is 4.90 Å². The minimum absolute atomic E-state index is 0.0176. The summed E-state index contributed by atoms with van der Waals surface area (Å²) in [6.07, 6.45) is 4.82. The molecule has 2 N–H and O–H groups in total. The van der Waals surface area contributed by atoms with Gasteiger partial charge in [0.05, 0.1) is 29.1 Å². The van der Waals surface area contributed by atoms with Crippen molar-refractivity contribution in [3.63, 3.8) is 0 Å². The Morgan fingerprint density at radius 1 is 1.27 bits per heavy atom. The summed E-state index contributed by atoms with van der Waals surface area (Å²) in [5, 5.41) is 20.6. The second-order valence-electron chi connectivity index (χ2n) is 8.77. The van der Waals surface area contributed by atoms with Gasteiger partial charge in [-0.25, -0.2) is 9.97 Å². The summed E-state index contributed by atoms with van der Waals surface area (Å²) in [5.41, 5.74) is 2.64. The molecule has 30 heavy (non-hydrogen) atoms. The second kappa shape index (κ2) is 8.33. The number of aliphatic hydroxyl groups is 1. The first-order valence-corrected chi connectivity index (χ1v) is 11.0. The Labute approximate surface area is 182 Å². The highest BCUT2D eigenvalue weighted by atomic mass is 35.5. The molecule has 0 amide bonds. The molecule has 1 aromatic heterocycles. The summed E-state index contributed by atoms with van der Waals surface area (Å²) in [4.78, 5) is 11.7. The first-order chi connectivity index (χ1) is 14.4. The number of hydrogen-bond donors (Lipinski definition) is 2. The summed E-state index contributed by atoms with van der Waals surface area (Å²) < 4.78 is 5.65. The van der Waals surface area contributed by atoms with Crippen molar-refractivity contribution in [3.8, 4) is 17.0 Å². The lowest BCUT2D eigenvalue weighted by Gasteiger charge is -2.43. The first kappa shape index (κ1) is 21.3. The van der Waals surface area contributed by atoms with Gasteiger partial charge in [0.1, 0.15) is 11.4 Å². The lowest BCUT2D eigenvalue weighted by atomic mass is 9.71. The fourth-order valence-corrected chi connectivity index (χ4v) is 5.46. The lowest BCUT2D eigenvalue weighted by Crippen LogP contribution is -2.42. The number of phenolic OH excluding ortho intramolecular Hbond substituents is 1. The molecule has 1 saturated carbocycles. The molecule has 2 atom stereocenters. The molecule has 2 aliphatic rings. The molecule has 162 valence electrons. The Balaban J connectivity index is 1.60. The van der Waals surface area contributed by atoms with Crippen LogP contribution in [0.25, 0.3) is 11.3 Å². The van der Waals surface area contributed by atoms with Crippen LogP contribution in [-0.2, 0) is 11.3 Å². The smallest absolute Gasteiger partial charge is 0.153 e. The van der Waals surface area contributed by atoms with Crippen molar-refractivity contribution in [1.29, 1.82) is 0 Å². The molecule has 6 nitrogen and oxygen atoms in total. The number of aromatic nitrogens is 2. The number of ether oxygens (including phenoxy) is 1. The SMILES string of the molecule is CO[C@@H]1C[C@@H](C)C2(CCN(c3nc(C)c(-c4cccc(Cl)c4O)nc3CO)CC2)C1. The van der Waals surface area contributed by atoms with Gasteiger partial charge < -0.3 is 19.8 Å². The molecule has 0 unspecified atom stereocenters. The number of halogens is 1. The average molecular weight is 432 g/mol. The van der Waals surface area contributed by atoms with Gasteiger partial charge >= 0.3 is 0 Å². The summed E-state index contributed by atoms with van der Waals surface area (Å²) in [6.45, 7) is 5.80. The fourth-order valence-electron chi connectivity index (χ4n) is 5.29. The van der Waals surface area contributed by atoms with Gasteiger partial charge in [0, 0.05) is 25.8 Å². The van der Waals surface area contributed by atoms with Crippen molar-refractivity contribution in [2.75, 3.05) is 25.1 Å². The van der Waals surface area contributed by atoms with Crippen LogP contribution in [0.15, 0.2) is 18.2 Å². The van der Waals surface area contributed by atoms with E-state index in [0.717, 1.165) is 44.6 Å². The van der Waals surface area contributed by atoms with Gasteiger partial charge in [-0.15, -0.1) is 0 Å². The quantitative estimate of drug-likeness (QED) is 0.749. The molecule has 1 saturated heterocycles. The summed E-state index contributed by atoms with van der Waals surface area (Å²) in [5.74, 6) is 1.38. The predicted molar refractivity (Wildman–Crippen MR) is 118 cm³/mol. The topological polar surface area (TPSA) is 78.7 Å². The van der Waals surface area contributed by atoms with Crippen molar-refractivity contribution < 1.29 is 14.9 Å². The van der Waals surface area contributed by atoms with Crippen LogP contribution in [0.5, 0.6) is 5.75 Å². The van der Waals surface area contributed by atoms with Gasteiger partial charge in [-0.05, 0) is 56.1 Å². The van der Waals surface area contributed by atoms with Gasteiger partial charge in [0.2, 0.25) is 0 Å². The number of nitrogens with zero attached hydrogens (tertiary/aromatic N) is 3. The van der Waals surface area contributed by atoms with Gasteiger partial charge in [-0.1, -0.05) is 24.6 Å². The van der Waals surface area contributed by atoms with Crippen LogP contribution in [0.2, 0.25) is 5.02 Å². The normalized spacial score (nSPS) is 23.3. The number of phenols is 1. The minimum Gasteiger partial charge on any atom is -0.506 e. The van der Waals surface area contributed by atoms with Crippen molar-refractivity contribution in [2.24, 2.45) is 11.3 Å². The van der Waals surface area contributed by atoms with E-state index in [2.05, 4.69) is 16.8 Å². The number of para-hydroxylation sites is 1.